The zero-order valence-corrected chi connectivity index (χ0v) is 11.9. The van der Waals surface area contributed by atoms with Crippen molar-refractivity contribution in [1.82, 2.24) is 4.90 Å². The zero-order chi connectivity index (χ0) is 13.8. The van der Waals surface area contributed by atoms with Gasteiger partial charge in [0.15, 0.2) is 0 Å². The van der Waals surface area contributed by atoms with Crippen molar-refractivity contribution in [1.29, 1.82) is 0 Å². The van der Waals surface area contributed by atoms with Crippen LogP contribution < -0.4 is 0 Å². The van der Waals surface area contributed by atoms with E-state index in [1.54, 1.807) is 17.0 Å². The average molecular weight is 284 g/mol. The fourth-order valence-electron chi connectivity index (χ4n) is 2.71. The number of benzene rings is 1. The molecule has 0 spiro atoms. The molecule has 0 aliphatic heterocycles. The summed E-state index contributed by atoms with van der Waals surface area (Å²) in [5.41, 5.74) is 0.974. The standard InChI is InChI=1S/C15H19ClFNO/c1-11-6-7-13(14(17)10-11)15(19)18(9-8-16)12-4-2-3-5-12/h6-7,10,12H,2-5,8-9H2,1H3. The summed E-state index contributed by atoms with van der Waals surface area (Å²) in [4.78, 5) is 14.2. The molecule has 0 aromatic heterocycles. The molecular weight excluding hydrogens is 265 g/mol. The van der Waals surface area contributed by atoms with Gasteiger partial charge in [0.05, 0.1) is 5.56 Å². The molecule has 4 heteroatoms. The summed E-state index contributed by atoms with van der Waals surface area (Å²) in [6, 6.07) is 4.96. The van der Waals surface area contributed by atoms with E-state index >= 15 is 0 Å². The van der Waals surface area contributed by atoms with Crippen LogP contribution in [0.5, 0.6) is 0 Å². The highest BCUT2D eigenvalue weighted by Crippen LogP contribution is 2.25. The number of nitrogens with zero attached hydrogens (tertiary/aromatic N) is 1. The fourth-order valence-corrected chi connectivity index (χ4v) is 2.89. The van der Waals surface area contributed by atoms with Gasteiger partial charge in [-0.1, -0.05) is 18.9 Å². The van der Waals surface area contributed by atoms with E-state index in [0.29, 0.717) is 12.4 Å². The van der Waals surface area contributed by atoms with Crippen LogP contribution in [0.25, 0.3) is 0 Å². The van der Waals surface area contributed by atoms with Crippen LogP contribution in [-0.2, 0) is 0 Å². The molecule has 0 unspecified atom stereocenters. The Hall–Kier alpha value is -1.09. The van der Waals surface area contributed by atoms with Crippen molar-refractivity contribution in [2.45, 2.75) is 38.6 Å². The van der Waals surface area contributed by atoms with Gasteiger partial charge in [0.2, 0.25) is 0 Å². The molecule has 1 aliphatic carbocycles. The maximum Gasteiger partial charge on any atom is 0.257 e. The Morgan fingerprint density at radius 3 is 2.68 bits per heavy atom. The van der Waals surface area contributed by atoms with Crippen LogP contribution in [0, 0.1) is 12.7 Å². The molecule has 0 bridgehead atoms. The van der Waals surface area contributed by atoms with Crippen molar-refractivity contribution >= 4 is 17.5 Å². The lowest BCUT2D eigenvalue weighted by atomic mass is 10.1. The predicted octanol–water partition coefficient (Wildman–Crippen LogP) is 3.76. The van der Waals surface area contributed by atoms with Gasteiger partial charge >= 0.3 is 0 Å². The third-order valence-corrected chi connectivity index (χ3v) is 3.88. The van der Waals surface area contributed by atoms with Gasteiger partial charge in [0.1, 0.15) is 5.82 Å². The second-order valence-electron chi connectivity index (χ2n) is 5.11. The lowest BCUT2D eigenvalue weighted by Gasteiger charge is -2.28. The molecule has 0 saturated heterocycles. The Labute approximate surface area is 118 Å². The van der Waals surface area contributed by atoms with Crippen LogP contribution in [-0.4, -0.2) is 29.3 Å². The monoisotopic (exact) mass is 283 g/mol. The van der Waals surface area contributed by atoms with Crippen LogP contribution in [0.1, 0.15) is 41.6 Å². The van der Waals surface area contributed by atoms with E-state index in [0.717, 1.165) is 31.2 Å². The highest BCUT2D eigenvalue weighted by atomic mass is 35.5. The molecule has 2 rings (SSSR count). The molecule has 0 atom stereocenters. The topological polar surface area (TPSA) is 20.3 Å². The highest BCUT2D eigenvalue weighted by Gasteiger charge is 2.28. The van der Waals surface area contributed by atoms with E-state index in [1.807, 2.05) is 6.92 Å². The first-order valence-electron chi connectivity index (χ1n) is 6.76. The van der Waals surface area contributed by atoms with E-state index in [4.69, 9.17) is 11.6 Å². The van der Waals surface area contributed by atoms with E-state index < -0.39 is 5.82 Å². The second kappa shape index (κ2) is 6.38. The molecule has 1 aromatic rings. The van der Waals surface area contributed by atoms with Crippen molar-refractivity contribution < 1.29 is 9.18 Å². The molecule has 104 valence electrons. The summed E-state index contributed by atoms with van der Waals surface area (Å²) >= 11 is 5.78. The van der Waals surface area contributed by atoms with Crippen LogP contribution >= 0.6 is 11.6 Å². The summed E-state index contributed by atoms with van der Waals surface area (Å²) < 4.78 is 13.9. The summed E-state index contributed by atoms with van der Waals surface area (Å²) in [5.74, 6) is -0.289. The molecule has 1 aromatic carbocycles. The number of alkyl halides is 1. The van der Waals surface area contributed by atoms with Crippen LogP contribution in [0.4, 0.5) is 4.39 Å². The van der Waals surface area contributed by atoms with Crippen LogP contribution in [0.2, 0.25) is 0 Å². The number of hydrogen-bond acceptors (Lipinski definition) is 1. The number of rotatable bonds is 4. The van der Waals surface area contributed by atoms with Crippen LogP contribution in [0.15, 0.2) is 18.2 Å². The first kappa shape index (κ1) is 14.3. The summed E-state index contributed by atoms with van der Waals surface area (Å²) in [7, 11) is 0. The van der Waals surface area contributed by atoms with Crippen molar-refractivity contribution in [3.63, 3.8) is 0 Å². The number of aryl methyl sites for hydroxylation is 1. The lowest BCUT2D eigenvalue weighted by Crippen LogP contribution is -2.40. The van der Waals surface area contributed by atoms with E-state index in [9.17, 15) is 9.18 Å². The van der Waals surface area contributed by atoms with Crippen molar-refractivity contribution in [3.05, 3.63) is 35.1 Å². The molecule has 1 saturated carbocycles. The maximum atomic E-state index is 13.9. The van der Waals surface area contributed by atoms with Crippen molar-refractivity contribution in [2.75, 3.05) is 12.4 Å². The largest absolute Gasteiger partial charge is 0.334 e. The summed E-state index contributed by atoms with van der Waals surface area (Å²) in [6.07, 6.45) is 4.26. The minimum absolute atomic E-state index is 0.155. The van der Waals surface area contributed by atoms with Gasteiger partial charge in [-0.3, -0.25) is 4.79 Å². The molecule has 2 nitrogen and oxygen atoms in total. The van der Waals surface area contributed by atoms with Gasteiger partial charge in [0, 0.05) is 18.5 Å². The third kappa shape index (κ3) is 3.27. The van der Waals surface area contributed by atoms with Gasteiger partial charge in [0.25, 0.3) is 5.91 Å². The number of carbonyl (C=O) groups excluding carboxylic acids is 1. The zero-order valence-electron chi connectivity index (χ0n) is 11.2. The van der Waals surface area contributed by atoms with E-state index in [2.05, 4.69) is 0 Å². The Kier molecular flexibility index (Phi) is 4.81. The van der Waals surface area contributed by atoms with Crippen molar-refractivity contribution in [3.8, 4) is 0 Å². The summed E-state index contributed by atoms with van der Waals surface area (Å²) in [5, 5.41) is 0. The first-order valence-corrected chi connectivity index (χ1v) is 7.30. The van der Waals surface area contributed by atoms with Gasteiger partial charge in [-0.05, 0) is 37.5 Å². The van der Waals surface area contributed by atoms with Crippen LogP contribution in [0.3, 0.4) is 0 Å². The number of hydrogen-bond donors (Lipinski definition) is 0. The average Bonchev–Trinajstić information content (AvgIpc) is 2.89. The molecule has 19 heavy (non-hydrogen) atoms. The van der Waals surface area contributed by atoms with E-state index in [-0.39, 0.29) is 17.5 Å². The van der Waals surface area contributed by atoms with E-state index in [1.165, 1.54) is 6.07 Å². The predicted molar refractivity (Wildman–Crippen MR) is 75.1 cm³/mol. The van der Waals surface area contributed by atoms with Gasteiger partial charge in [-0.25, -0.2) is 4.39 Å². The second-order valence-corrected chi connectivity index (χ2v) is 5.49. The minimum atomic E-state index is -0.442. The molecule has 1 amide bonds. The molecular formula is C15H19ClFNO. The summed E-state index contributed by atoms with van der Waals surface area (Å²) in [6.45, 7) is 2.29. The van der Waals surface area contributed by atoms with Gasteiger partial charge in [-0.15, -0.1) is 11.6 Å². The Bertz CT molecular complexity index is 457. The number of carbonyl (C=O) groups is 1. The number of amides is 1. The van der Waals surface area contributed by atoms with Gasteiger partial charge in [-0.2, -0.15) is 0 Å². The maximum absolute atomic E-state index is 13.9. The Morgan fingerprint density at radius 2 is 2.11 bits per heavy atom. The highest BCUT2D eigenvalue weighted by molar-refractivity contribution is 6.18. The smallest absolute Gasteiger partial charge is 0.257 e. The fraction of sp³-hybridized carbons (Fsp3) is 0.533. The Morgan fingerprint density at radius 1 is 1.42 bits per heavy atom. The quantitative estimate of drug-likeness (QED) is 0.771. The van der Waals surface area contributed by atoms with Gasteiger partial charge < -0.3 is 4.90 Å². The molecule has 1 fully saturated rings. The normalized spacial score (nSPS) is 15.7. The first-order chi connectivity index (χ1) is 9.13. The minimum Gasteiger partial charge on any atom is -0.334 e. The Balaban J connectivity index is 2.22. The third-order valence-electron chi connectivity index (χ3n) is 3.71. The SMILES string of the molecule is Cc1ccc(C(=O)N(CCCl)C2CCCC2)c(F)c1. The molecule has 1 aliphatic rings. The van der Waals surface area contributed by atoms with Crippen molar-refractivity contribution in [2.24, 2.45) is 0 Å². The molecule has 0 radical (unpaired) electrons. The lowest BCUT2D eigenvalue weighted by molar-refractivity contribution is 0.0690. The number of halogens is 2. The molecule has 0 heterocycles. The molecule has 0 N–H and O–H groups in total.